The van der Waals surface area contributed by atoms with E-state index in [-0.39, 0.29) is 95.3 Å². The lowest BCUT2D eigenvalue weighted by Crippen LogP contribution is -2.50. The van der Waals surface area contributed by atoms with Crippen molar-refractivity contribution in [3.05, 3.63) is 147 Å². The van der Waals surface area contributed by atoms with Crippen molar-refractivity contribution in [2.45, 2.75) is 94.8 Å². The topological polar surface area (TPSA) is 394 Å². The molecular weight excluding hydrogens is 1430 g/mol. The van der Waals surface area contributed by atoms with Crippen molar-refractivity contribution in [1.29, 1.82) is 0 Å². The van der Waals surface area contributed by atoms with Crippen LogP contribution in [-0.2, 0) is 39.8 Å². The number of methoxy groups -OCH3 is 2. The second kappa shape index (κ2) is 32.8. The molecule has 0 unspecified atom stereocenters. The number of ether oxygens (including phenoxy) is 4. The smallest absolute Gasteiger partial charge is 0.308 e. The number of aryl methyl sites for hydroxylation is 1. The van der Waals surface area contributed by atoms with Crippen LogP contribution in [0, 0.1) is 18.8 Å². The fourth-order valence-electron chi connectivity index (χ4n) is 12.0. The average Bonchev–Trinajstić information content (AvgIpc) is 1.62. The standard InChI is InChI=1S/C68H70N14O14S6/c1-33-49(83)26-82-55(33)66-79-48(32-101-66)63-75-44(28-98-63)53-40(18-19-41(72-53)62-77-45(30-99-62)57(87)71-38-14-12-37(13-15-38)68(92)94-4)61-76-46(29-97-61)58(88)73-42(25-50(69)84)64-81-52(34(2)102-64)60(90)80-54(56(86)36-8-6-5-7-9-36)65-78-47(31-100-65)59(89)74-43(67(82)91)24-35-10-16-39(17-11-35)96-27-51(85)70-20-21-95-23-22-93-3/h5-11,16-19,28-33,37-38,42-43,49,54-56,83,86H,12-15,20-27H2,1-4H3,(H2,69,84)(H,70,85)(H,71,87)(H,73,88)(H,74,89)(H,80,90)/t33-,37-,38-,42-,43-,49-,54-,55-,56+/m0/s1. The summed E-state index contributed by atoms with van der Waals surface area (Å²) in [5, 5.41) is 48.5. The fraction of sp³-hybridized carbons (Fsp3) is 0.368. The molecule has 9 heterocycles. The number of carbonyl (C=O) groups excluding carboxylic acids is 8. The number of pyridine rings is 1. The maximum Gasteiger partial charge on any atom is 0.308 e. The quantitative estimate of drug-likeness (QED) is 0.0293. The van der Waals surface area contributed by atoms with E-state index in [0.717, 1.165) is 34.0 Å². The van der Waals surface area contributed by atoms with Crippen LogP contribution in [0.3, 0.4) is 0 Å². The van der Waals surface area contributed by atoms with Gasteiger partial charge in [0.05, 0.1) is 63.2 Å². The molecule has 102 heavy (non-hydrogen) atoms. The van der Waals surface area contributed by atoms with Gasteiger partial charge in [0.15, 0.2) is 6.61 Å². The molecule has 7 amide bonds. The van der Waals surface area contributed by atoms with E-state index in [1.807, 2.05) is 6.92 Å². The Morgan fingerprint density at radius 1 is 0.686 bits per heavy atom. The Kier molecular flexibility index (Phi) is 23.3. The Morgan fingerprint density at radius 3 is 2.12 bits per heavy atom. The molecule has 12 rings (SSSR count). The first-order valence-electron chi connectivity index (χ1n) is 32.4. The number of carbonyl (C=O) groups is 8. The minimum atomic E-state index is -1.44. The van der Waals surface area contributed by atoms with Gasteiger partial charge in [-0.25, -0.2) is 34.9 Å². The summed E-state index contributed by atoms with van der Waals surface area (Å²) >= 11 is 6.89. The molecular formula is C68H70N14O14S6. The van der Waals surface area contributed by atoms with Gasteiger partial charge in [-0.15, -0.1) is 68.0 Å². The highest BCUT2D eigenvalue weighted by Crippen LogP contribution is 2.43. The first-order chi connectivity index (χ1) is 49.3. The van der Waals surface area contributed by atoms with Crippen LogP contribution in [0.1, 0.15) is 136 Å². The van der Waals surface area contributed by atoms with Gasteiger partial charge in [0.2, 0.25) is 11.8 Å². The van der Waals surface area contributed by atoms with Crippen molar-refractivity contribution in [3.8, 4) is 49.1 Å². The number of fused-ring (bicyclic) bond motifs is 16. The lowest BCUT2D eigenvalue weighted by molar-refractivity contribution is -0.146. The average molecular weight is 1500 g/mol. The summed E-state index contributed by atoms with van der Waals surface area (Å²) in [6.07, 6.45) is -0.584. The predicted octanol–water partition coefficient (Wildman–Crippen LogP) is 7.20. The largest absolute Gasteiger partial charge is 0.484 e. The first-order valence-corrected chi connectivity index (χ1v) is 37.6. The first kappa shape index (κ1) is 72.6. The van der Waals surface area contributed by atoms with Crippen molar-refractivity contribution >= 4 is 115 Å². The van der Waals surface area contributed by atoms with E-state index < -0.39 is 78.2 Å². The maximum absolute atomic E-state index is 15.5. The number of aromatic nitrogens is 7. The maximum atomic E-state index is 15.5. The molecule has 9 aromatic rings. The predicted molar refractivity (Wildman–Crippen MR) is 381 cm³/mol. The van der Waals surface area contributed by atoms with Crippen molar-refractivity contribution < 1.29 is 67.5 Å². The van der Waals surface area contributed by atoms with E-state index in [9.17, 15) is 43.8 Å². The number of hydrogen-bond acceptors (Lipinski definition) is 27. The van der Waals surface area contributed by atoms with E-state index in [1.165, 1.54) is 51.4 Å². The molecule has 2 aromatic carbocycles. The van der Waals surface area contributed by atoms with E-state index in [0.29, 0.717) is 109 Å². The zero-order valence-corrected chi connectivity index (χ0v) is 60.2. The lowest BCUT2D eigenvalue weighted by atomic mass is 9.86. The molecule has 1 aliphatic carbocycles. The summed E-state index contributed by atoms with van der Waals surface area (Å²) < 4.78 is 21.1. The van der Waals surface area contributed by atoms with Gasteiger partial charge < -0.3 is 66.4 Å². The Balaban J connectivity index is 0.895. The number of aliphatic hydroxyl groups excluding tert-OH is 2. The van der Waals surface area contributed by atoms with E-state index in [2.05, 4.69) is 36.6 Å². The molecule has 7 aromatic heterocycles. The van der Waals surface area contributed by atoms with Crippen molar-refractivity contribution in [3.63, 3.8) is 0 Å². The summed E-state index contributed by atoms with van der Waals surface area (Å²) in [4.78, 5) is 147. The Labute approximate surface area is 607 Å². The van der Waals surface area contributed by atoms with Gasteiger partial charge >= 0.3 is 5.97 Å². The third-order valence-electron chi connectivity index (χ3n) is 17.4. The van der Waals surface area contributed by atoms with Gasteiger partial charge in [0, 0.05) is 75.9 Å². The third kappa shape index (κ3) is 16.9. The molecule has 0 spiro atoms. The highest BCUT2D eigenvalue weighted by molar-refractivity contribution is 7.15. The molecule has 3 aliphatic rings. The van der Waals surface area contributed by atoms with Crippen molar-refractivity contribution in [1.82, 2.24) is 66.4 Å². The molecule has 1 saturated carbocycles. The number of nitrogens with zero attached hydrogens (tertiary/aromatic N) is 8. The highest BCUT2D eigenvalue weighted by atomic mass is 32.1. The number of nitrogens with two attached hydrogens (primary N) is 1. The highest BCUT2D eigenvalue weighted by Gasteiger charge is 2.46. The molecule has 34 heteroatoms. The van der Waals surface area contributed by atoms with E-state index in [4.69, 9.17) is 49.6 Å². The molecule has 1 saturated heterocycles. The van der Waals surface area contributed by atoms with Crippen molar-refractivity contribution in [2.75, 3.05) is 53.7 Å². The minimum Gasteiger partial charge on any atom is -0.484 e. The van der Waals surface area contributed by atoms with E-state index >= 15 is 4.79 Å². The second-order valence-corrected chi connectivity index (χ2v) is 29.9. The lowest BCUT2D eigenvalue weighted by Gasteiger charge is -2.29. The zero-order valence-electron chi connectivity index (χ0n) is 55.3. The van der Waals surface area contributed by atoms with Gasteiger partial charge in [-0.2, -0.15) is 0 Å². The normalized spacial score (nSPS) is 20.5. The third-order valence-corrected chi connectivity index (χ3v) is 22.9. The van der Waals surface area contributed by atoms with Crippen LogP contribution >= 0.6 is 68.0 Å². The van der Waals surface area contributed by atoms with Crippen LogP contribution in [0.4, 0.5) is 0 Å². The van der Waals surface area contributed by atoms with Gasteiger partial charge in [-0.1, -0.05) is 49.4 Å². The summed E-state index contributed by atoms with van der Waals surface area (Å²) in [5.74, 6) is -5.00. The number of thiazole rings is 6. The summed E-state index contributed by atoms with van der Waals surface area (Å²) in [5.41, 5.74) is 8.70. The Bertz CT molecular complexity index is 4530. The Hall–Kier alpha value is -9.23. The van der Waals surface area contributed by atoms with Gasteiger partial charge in [-0.3, -0.25) is 38.4 Å². The van der Waals surface area contributed by atoms with Gasteiger partial charge in [0.1, 0.15) is 93.8 Å². The molecule has 532 valence electrons. The molecule has 2 fully saturated rings. The second-order valence-electron chi connectivity index (χ2n) is 24.3. The number of amides is 7. The van der Waals surface area contributed by atoms with E-state index in [1.54, 1.807) is 102 Å². The summed E-state index contributed by atoms with van der Waals surface area (Å²) in [6, 6.07) is 14.0. The zero-order chi connectivity index (χ0) is 71.7. The SMILES string of the molecule is COCCOCCNC(=O)COc1ccc(C[C@@H]2NC(=O)c3csc(n3)[C@H]([C@H](O)c3ccccc3)NC(=O)c3nc(sc3C)[C@H](CC(N)=O)NC(=O)c3csc(n3)-c3ccc(-c4nc(C(=O)N[C@H]5CC[C@H](C(=O)OC)CC5)cs4)nc3-c3csc(n3)-c3csc(n3)[C@@H]3[C@@H](C)[C@@H](O)CN3C2=O)cc1. The number of primary amides is 1. The molecule has 10 bridgehead atoms. The van der Waals surface area contributed by atoms with Crippen LogP contribution in [-0.4, -0.2) is 169 Å². The van der Waals surface area contributed by atoms with Crippen LogP contribution < -0.4 is 37.1 Å². The van der Waals surface area contributed by atoms with Crippen molar-refractivity contribution in [2.24, 2.45) is 17.6 Å². The van der Waals surface area contributed by atoms with Crippen LogP contribution in [0.25, 0.3) is 43.4 Å². The van der Waals surface area contributed by atoms with Crippen LogP contribution in [0.2, 0.25) is 0 Å². The Morgan fingerprint density at radius 2 is 1.36 bits per heavy atom. The molecule has 0 radical (unpaired) electrons. The number of rotatable bonds is 19. The monoisotopic (exact) mass is 1500 g/mol. The number of esters is 1. The minimum absolute atomic E-state index is 0.0339. The fourth-order valence-corrected chi connectivity index (χ4v) is 17.3. The number of benzene rings is 2. The molecule has 2 aliphatic heterocycles. The van der Waals surface area contributed by atoms with Crippen LogP contribution in [0.5, 0.6) is 5.75 Å². The molecule has 28 nitrogen and oxygen atoms in total. The van der Waals surface area contributed by atoms with Gasteiger partial charge in [0.25, 0.3) is 29.5 Å². The number of aliphatic hydroxyl groups is 2. The number of hydrogen-bond donors (Lipinski definition) is 8. The number of nitrogens with one attached hydrogen (secondary N) is 5. The summed E-state index contributed by atoms with van der Waals surface area (Å²) in [7, 11) is 2.93. The van der Waals surface area contributed by atoms with Gasteiger partial charge in [-0.05, 0) is 68.0 Å². The van der Waals surface area contributed by atoms with Crippen LogP contribution in [0.15, 0.2) is 93.6 Å². The molecule has 9 N–H and O–H groups in total. The molecule has 7 atom stereocenters. The summed E-state index contributed by atoms with van der Waals surface area (Å²) in [6.45, 7) is 4.39.